The van der Waals surface area contributed by atoms with E-state index in [0.29, 0.717) is 45.8 Å². The number of hydrogen-bond acceptors (Lipinski definition) is 4. The van der Waals surface area contributed by atoms with Crippen molar-refractivity contribution in [1.82, 2.24) is 9.80 Å². The van der Waals surface area contributed by atoms with Crippen molar-refractivity contribution < 1.29 is 14.3 Å². The molecule has 0 unspecified atom stereocenters. The lowest BCUT2D eigenvalue weighted by Crippen LogP contribution is -2.50. The van der Waals surface area contributed by atoms with Gasteiger partial charge < -0.3 is 20.3 Å². The van der Waals surface area contributed by atoms with Gasteiger partial charge in [0.15, 0.2) is 0 Å². The van der Waals surface area contributed by atoms with Gasteiger partial charge >= 0.3 is 6.09 Å². The van der Waals surface area contributed by atoms with E-state index >= 15 is 0 Å². The molecule has 0 aromatic heterocycles. The fraction of sp³-hybridized carbons (Fsp3) is 0.867. The molecule has 1 fully saturated rings. The Morgan fingerprint density at radius 2 is 1.67 bits per heavy atom. The second-order valence-electron chi connectivity index (χ2n) is 6.27. The van der Waals surface area contributed by atoms with Gasteiger partial charge in [-0.15, -0.1) is 0 Å². The minimum atomic E-state index is -0.284. The molecule has 122 valence electrons. The third-order valence-corrected chi connectivity index (χ3v) is 4.00. The third kappa shape index (κ3) is 5.91. The molecule has 21 heavy (non-hydrogen) atoms. The largest absolute Gasteiger partial charge is 0.450 e. The van der Waals surface area contributed by atoms with Crippen molar-refractivity contribution in [1.29, 1.82) is 0 Å². The van der Waals surface area contributed by atoms with Crippen LogP contribution in [0, 0.1) is 5.41 Å². The van der Waals surface area contributed by atoms with Crippen molar-refractivity contribution in [2.75, 3.05) is 39.3 Å². The number of rotatable bonds is 6. The van der Waals surface area contributed by atoms with Crippen molar-refractivity contribution in [2.24, 2.45) is 11.1 Å². The first-order chi connectivity index (χ1) is 9.89. The van der Waals surface area contributed by atoms with Crippen LogP contribution in [0.2, 0.25) is 0 Å². The van der Waals surface area contributed by atoms with Crippen LogP contribution in [0.5, 0.6) is 0 Å². The molecule has 0 atom stereocenters. The van der Waals surface area contributed by atoms with Gasteiger partial charge in [0, 0.05) is 32.6 Å². The lowest BCUT2D eigenvalue weighted by atomic mass is 9.84. The van der Waals surface area contributed by atoms with E-state index in [1.807, 2.05) is 4.90 Å². The first kappa shape index (κ1) is 17.8. The average Bonchev–Trinajstić information content (AvgIpc) is 2.45. The molecule has 0 bridgehead atoms. The van der Waals surface area contributed by atoms with Crippen LogP contribution in [0.25, 0.3) is 0 Å². The second-order valence-corrected chi connectivity index (χ2v) is 6.27. The topological polar surface area (TPSA) is 75.9 Å². The maximum Gasteiger partial charge on any atom is 0.409 e. The van der Waals surface area contributed by atoms with Gasteiger partial charge in [-0.05, 0) is 31.7 Å². The lowest BCUT2D eigenvalue weighted by Gasteiger charge is -2.34. The molecule has 1 aliphatic heterocycles. The monoisotopic (exact) mass is 299 g/mol. The Hall–Kier alpha value is -1.30. The molecule has 0 saturated carbocycles. The van der Waals surface area contributed by atoms with Crippen LogP contribution in [0.4, 0.5) is 4.79 Å². The van der Waals surface area contributed by atoms with Crippen LogP contribution in [0.3, 0.4) is 0 Å². The minimum absolute atomic E-state index is 0.108. The number of nitrogens with two attached hydrogens (primary N) is 1. The molecule has 0 spiro atoms. The Labute approximate surface area is 127 Å². The number of carbonyl (C=O) groups excluding carboxylic acids is 2. The Morgan fingerprint density at radius 1 is 1.10 bits per heavy atom. The van der Waals surface area contributed by atoms with Gasteiger partial charge in [0.1, 0.15) is 0 Å². The van der Waals surface area contributed by atoms with Crippen molar-refractivity contribution in [3.05, 3.63) is 0 Å². The first-order valence-electron chi connectivity index (χ1n) is 7.79. The quantitative estimate of drug-likeness (QED) is 0.805. The predicted molar refractivity (Wildman–Crippen MR) is 81.9 cm³/mol. The highest BCUT2D eigenvalue weighted by molar-refractivity contribution is 5.76. The maximum absolute atomic E-state index is 12.2. The maximum atomic E-state index is 12.2. The molecule has 1 saturated heterocycles. The summed E-state index contributed by atoms with van der Waals surface area (Å²) in [6.45, 7) is 9.41. The Balaban J connectivity index is 2.33. The zero-order chi connectivity index (χ0) is 15.9. The fourth-order valence-electron chi connectivity index (χ4n) is 2.47. The number of amides is 2. The zero-order valence-electron chi connectivity index (χ0n) is 13.6. The summed E-state index contributed by atoms with van der Waals surface area (Å²) in [6.07, 6.45) is 2.04. The molecule has 2 N–H and O–H groups in total. The molecule has 1 aliphatic rings. The van der Waals surface area contributed by atoms with E-state index in [0.717, 1.165) is 12.8 Å². The van der Waals surface area contributed by atoms with Crippen molar-refractivity contribution in [3.63, 3.8) is 0 Å². The minimum Gasteiger partial charge on any atom is -0.450 e. The van der Waals surface area contributed by atoms with Gasteiger partial charge in [-0.25, -0.2) is 4.79 Å². The zero-order valence-corrected chi connectivity index (χ0v) is 13.6. The summed E-state index contributed by atoms with van der Waals surface area (Å²) in [7, 11) is 0. The Kier molecular flexibility index (Phi) is 6.95. The van der Waals surface area contributed by atoms with Crippen LogP contribution in [0.1, 0.15) is 40.0 Å². The average molecular weight is 299 g/mol. The Bertz CT molecular complexity index is 350. The van der Waals surface area contributed by atoms with E-state index in [1.54, 1.807) is 11.8 Å². The summed E-state index contributed by atoms with van der Waals surface area (Å²) >= 11 is 0. The van der Waals surface area contributed by atoms with E-state index in [1.165, 1.54) is 0 Å². The standard InChI is InChI=1S/C15H29N3O3/c1-4-21-14(20)18-11-9-17(10-12-18)13(19)5-6-15(2,3)7-8-16/h4-12,16H2,1-3H3. The number of nitrogens with zero attached hydrogens (tertiary/aromatic N) is 2. The molecule has 0 aliphatic carbocycles. The summed E-state index contributed by atoms with van der Waals surface area (Å²) in [4.78, 5) is 27.3. The molecule has 0 aromatic rings. The summed E-state index contributed by atoms with van der Waals surface area (Å²) in [5, 5.41) is 0. The van der Waals surface area contributed by atoms with E-state index in [-0.39, 0.29) is 17.4 Å². The van der Waals surface area contributed by atoms with E-state index < -0.39 is 0 Å². The molecule has 1 rings (SSSR count). The number of piperazine rings is 1. The smallest absolute Gasteiger partial charge is 0.409 e. The SMILES string of the molecule is CCOC(=O)N1CCN(C(=O)CCC(C)(C)CCN)CC1. The van der Waals surface area contributed by atoms with Crippen LogP contribution in [0.15, 0.2) is 0 Å². The Morgan fingerprint density at radius 3 is 2.19 bits per heavy atom. The van der Waals surface area contributed by atoms with Gasteiger partial charge in [0.25, 0.3) is 0 Å². The summed E-state index contributed by atoms with van der Waals surface area (Å²) < 4.78 is 4.97. The highest BCUT2D eigenvalue weighted by Crippen LogP contribution is 2.26. The number of hydrogen-bond donors (Lipinski definition) is 1. The number of ether oxygens (including phenoxy) is 1. The van der Waals surface area contributed by atoms with Crippen LogP contribution < -0.4 is 5.73 Å². The molecule has 0 radical (unpaired) electrons. The van der Waals surface area contributed by atoms with Crippen molar-refractivity contribution in [2.45, 2.75) is 40.0 Å². The van der Waals surface area contributed by atoms with Gasteiger partial charge in [-0.3, -0.25) is 4.79 Å². The van der Waals surface area contributed by atoms with E-state index in [4.69, 9.17) is 10.5 Å². The second kappa shape index (κ2) is 8.22. The lowest BCUT2D eigenvalue weighted by molar-refractivity contribution is -0.133. The van der Waals surface area contributed by atoms with Gasteiger partial charge in [-0.1, -0.05) is 13.8 Å². The normalized spacial score (nSPS) is 16.0. The summed E-state index contributed by atoms with van der Waals surface area (Å²) in [5.74, 6) is 0.170. The van der Waals surface area contributed by atoms with Crippen LogP contribution in [-0.2, 0) is 9.53 Å². The van der Waals surface area contributed by atoms with Crippen molar-refractivity contribution >= 4 is 12.0 Å². The van der Waals surface area contributed by atoms with Gasteiger partial charge in [-0.2, -0.15) is 0 Å². The molecule has 0 aromatic carbocycles. The third-order valence-electron chi connectivity index (χ3n) is 4.00. The number of carbonyl (C=O) groups is 2. The highest BCUT2D eigenvalue weighted by Gasteiger charge is 2.26. The van der Waals surface area contributed by atoms with Crippen LogP contribution >= 0.6 is 0 Å². The molecular weight excluding hydrogens is 270 g/mol. The molecular formula is C15H29N3O3. The predicted octanol–water partition coefficient (Wildman–Crippen LogP) is 1.44. The molecule has 6 nitrogen and oxygen atoms in total. The fourth-order valence-corrected chi connectivity index (χ4v) is 2.47. The van der Waals surface area contributed by atoms with Crippen LogP contribution in [-0.4, -0.2) is 61.1 Å². The summed E-state index contributed by atoms with van der Waals surface area (Å²) in [5.41, 5.74) is 5.70. The summed E-state index contributed by atoms with van der Waals surface area (Å²) in [6, 6.07) is 0. The van der Waals surface area contributed by atoms with Crippen molar-refractivity contribution in [3.8, 4) is 0 Å². The van der Waals surface area contributed by atoms with E-state index in [2.05, 4.69) is 13.8 Å². The first-order valence-corrected chi connectivity index (χ1v) is 7.79. The molecule has 1 heterocycles. The highest BCUT2D eigenvalue weighted by atomic mass is 16.6. The molecule has 6 heteroatoms. The van der Waals surface area contributed by atoms with Gasteiger partial charge in [0.05, 0.1) is 6.61 Å². The van der Waals surface area contributed by atoms with E-state index in [9.17, 15) is 9.59 Å². The van der Waals surface area contributed by atoms with Gasteiger partial charge in [0.2, 0.25) is 5.91 Å². The molecule has 2 amide bonds.